The largest absolute Gasteiger partial charge is 0.468 e. The Bertz CT molecular complexity index is 634. The summed E-state index contributed by atoms with van der Waals surface area (Å²) in [5.74, 6) is 0.547. The molecule has 0 aliphatic heterocycles. The first-order valence-electron chi connectivity index (χ1n) is 5.82. The highest BCUT2D eigenvalue weighted by molar-refractivity contribution is 7.91. The summed E-state index contributed by atoms with van der Waals surface area (Å²) in [4.78, 5) is 0.567. The first kappa shape index (κ1) is 12.9. The highest BCUT2D eigenvalue weighted by Gasteiger charge is 2.24. The van der Waals surface area contributed by atoms with Crippen molar-refractivity contribution in [2.24, 2.45) is 0 Å². The molecular weight excluding hydrogens is 248 g/mol. The molecule has 96 valence electrons. The molecule has 2 rings (SSSR count). The highest BCUT2D eigenvalue weighted by atomic mass is 32.2. The van der Waals surface area contributed by atoms with Crippen LogP contribution >= 0.6 is 0 Å². The van der Waals surface area contributed by atoms with E-state index < -0.39 is 9.84 Å². The quantitative estimate of drug-likeness (QED) is 0.851. The van der Waals surface area contributed by atoms with Gasteiger partial charge in [0.25, 0.3) is 0 Å². The molecule has 0 aliphatic rings. The molecule has 0 amide bonds. The van der Waals surface area contributed by atoms with Gasteiger partial charge in [-0.15, -0.1) is 0 Å². The maximum atomic E-state index is 12.5. The SMILES string of the molecule is Cc1ccc(S(=O)(=O)c2ccoc2C(C)C)cc1. The van der Waals surface area contributed by atoms with Crippen LogP contribution in [0.4, 0.5) is 0 Å². The molecule has 0 fully saturated rings. The van der Waals surface area contributed by atoms with E-state index in [9.17, 15) is 8.42 Å². The molecule has 1 aromatic carbocycles. The van der Waals surface area contributed by atoms with E-state index in [1.54, 1.807) is 24.3 Å². The fourth-order valence-corrected chi connectivity index (χ4v) is 3.33. The second-order valence-corrected chi connectivity index (χ2v) is 6.54. The van der Waals surface area contributed by atoms with E-state index >= 15 is 0 Å². The zero-order valence-electron chi connectivity index (χ0n) is 10.7. The van der Waals surface area contributed by atoms with E-state index in [2.05, 4.69) is 0 Å². The lowest BCUT2D eigenvalue weighted by Gasteiger charge is -2.07. The van der Waals surface area contributed by atoms with Crippen molar-refractivity contribution in [1.82, 2.24) is 0 Å². The monoisotopic (exact) mass is 264 g/mol. The van der Waals surface area contributed by atoms with Crippen molar-refractivity contribution in [3.8, 4) is 0 Å². The Hall–Kier alpha value is -1.55. The fourth-order valence-electron chi connectivity index (χ4n) is 1.80. The third kappa shape index (κ3) is 2.20. The van der Waals surface area contributed by atoms with Gasteiger partial charge in [-0.25, -0.2) is 8.42 Å². The molecule has 3 nitrogen and oxygen atoms in total. The molecule has 0 bridgehead atoms. The minimum atomic E-state index is -3.48. The van der Waals surface area contributed by atoms with Gasteiger partial charge in [0, 0.05) is 5.92 Å². The molecule has 1 aromatic heterocycles. The summed E-state index contributed by atoms with van der Waals surface area (Å²) in [7, 11) is -3.48. The second kappa shape index (κ2) is 4.61. The minimum absolute atomic E-state index is 0.0372. The average molecular weight is 264 g/mol. The summed E-state index contributed by atoms with van der Waals surface area (Å²) in [6.07, 6.45) is 1.43. The van der Waals surface area contributed by atoms with Crippen molar-refractivity contribution in [2.75, 3.05) is 0 Å². The summed E-state index contributed by atoms with van der Waals surface area (Å²) in [6, 6.07) is 8.36. The number of rotatable bonds is 3. The normalized spacial score (nSPS) is 12.0. The van der Waals surface area contributed by atoms with Crippen molar-refractivity contribution in [3.05, 3.63) is 47.9 Å². The number of sulfone groups is 1. The smallest absolute Gasteiger partial charge is 0.210 e. The van der Waals surface area contributed by atoms with Crippen LogP contribution < -0.4 is 0 Å². The lowest BCUT2D eigenvalue weighted by Crippen LogP contribution is -2.04. The molecule has 0 unspecified atom stereocenters. The van der Waals surface area contributed by atoms with E-state index in [4.69, 9.17) is 4.42 Å². The number of benzene rings is 1. The zero-order chi connectivity index (χ0) is 13.3. The maximum absolute atomic E-state index is 12.5. The van der Waals surface area contributed by atoms with Gasteiger partial charge in [-0.3, -0.25) is 0 Å². The molecule has 0 radical (unpaired) electrons. The summed E-state index contributed by atoms with van der Waals surface area (Å²) < 4.78 is 30.2. The Balaban J connectivity index is 2.55. The van der Waals surface area contributed by atoms with Crippen LogP contribution in [0.15, 0.2) is 50.8 Å². The molecule has 1 heterocycles. The lowest BCUT2D eigenvalue weighted by molar-refractivity contribution is 0.474. The summed E-state index contributed by atoms with van der Waals surface area (Å²) in [6.45, 7) is 5.74. The number of hydrogen-bond acceptors (Lipinski definition) is 3. The van der Waals surface area contributed by atoms with Crippen LogP contribution in [-0.2, 0) is 9.84 Å². The van der Waals surface area contributed by atoms with Gasteiger partial charge in [-0.2, -0.15) is 0 Å². The number of aryl methyl sites for hydroxylation is 1. The molecule has 18 heavy (non-hydrogen) atoms. The van der Waals surface area contributed by atoms with Crippen LogP contribution in [0, 0.1) is 6.92 Å². The van der Waals surface area contributed by atoms with Gasteiger partial charge in [-0.05, 0) is 25.1 Å². The molecule has 2 aromatic rings. The van der Waals surface area contributed by atoms with Crippen LogP contribution in [-0.4, -0.2) is 8.42 Å². The Labute approximate surface area is 107 Å². The van der Waals surface area contributed by atoms with Crippen molar-refractivity contribution < 1.29 is 12.8 Å². The third-order valence-electron chi connectivity index (χ3n) is 2.80. The standard InChI is InChI=1S/C14H16O3S/c1-10(2)14-13(8-9-17-14)18(15,16)12-6-4-11(3)5-7-12/h4-10H,1-3H3. The number of hydrogen-bond donors (Lipinski definition) is 0. The van der Waals surface area contributed by atoms with Crippen molar-refractivity contribution >= 4 is 9.84 Å². The molecule has 0 aliphatic carbocycles. The Morgan fingerprint density at radius 2 is 1.67 bits per heavy atom. The van der Waals surface area contributed by atoms with Gasteiger partial charge in [0.2, 0.25) is 9.84 Å². The van der Waals surface area contributed by atoms with Crippen LogP contribution in [0.2, 0.25) is 0 Å². The van der Waals surface area contributed by atoms with Crippen LogP contribution in [0.3, 0.4) is 0 Å². The predicted octanol–water partition coefficient (Wildman–Crippen LogP) is 3.54. The van der Waals surface area contributed by atoms with Crippen molar-refractivity contribution in [1.29, 1.82) is 0 Å². The van der Waals surface area contributed by atoms with Gasteiger partial charge in [0.05, 0.1) is 11.2 Å². The van der Waals surface area contributed by atoms with Crippen LogP contribution in [0.25, 0.3) is 0 Å². The van der Waals surface area contributed by atoms with Gasteiger partial charge < -0.3 is 4.42 Å². The van der Waals surface area contributed by atoms with E-state index in [0.29, 0.717) is 10.7 Å². The van der Waals surface area contributed by atoms with Gasteiger partial charge in [0.1, 0.15) is 10.7 Å². The third-order valence-corrected chi connectivity index (χ3v) is 4.61. The molecule has 0 N–H and O–H groups in total. The lowest BCUT2D eigenvalue weighted by atomic mass is 10.2. The van der Waals surface area contributed by atoms with Crippen LogP contribution in [0.5, 0.6) is 0 Å². The first-order valence-corrected chi connectivity index (χ1v) is 7.30. The molecule has 0 atom stereocenters. The minimum Gasteiger partial charge on any atom is -0.468 e. The summed E-state index contributed by atoms with van der Waals surface area (Å²) >= 11 is 0. The summed E-state index contributed by atoms with van der Waals surface area (Å²) in [5.41, 5.74) is 1.03. The number of furan rings is 1. The van der Waals surface area contributed by atoms with Gasteiger partial charge in [0.15, 0.2) is 0 Å². The average Bonchev–Trinajstić information content (AvgIpc) is 2.79. The molecule has 0 saturated carbocycles. The Morgan fingerprint density at radius 1 is 1.06 bits per heavy atom. The van der Waals surface area contributed by atoms with E-state index in [1.807, 2.05) is 20.8 Å². The highest BCUT2D eigenvalue weighted by Crippen LogP contribution is 2.29. The second-order valence-electron chi connectivity index (χ2n) is 4.62. The Morgan fingerprint density at radius 3 is 2.22 bits per heavy atom. The van der Waals surface area contributed by atoms with Crippen molar-refractivity contribution in [2.45, 2.75) is 36.5 Å². The predicted molar refractivity (Wildman–Crippen MR) is 69.4 cm³/mol. The maximum Gasteiger partial charge on any atom is 0.210 e. The molecule has 0 saturated heterocycles. The molecular formula is C14H16O3S. The Kier molecular flexibility index (Phi) is 3.30. The van der Waals surface area contributed by atoms with Gasteiger partial charge >= 0.3 is 0 Å². The zero-order valence-corrected chi connectivity index (χ0v) is 11.5. The van der Waals surface area contributed by atoms with Crippen molar-refractivity contribution in [3.63, 3.8) is 0 Å². The van der Waals surface area contributed by atoms with E-state index in [1.165, 1.54) is 12.3 Å². The molecule has 0 spiro atoms. The van der Waals surface area contributed by atoms with Crippen LogP contribution in [0.1, 0.15) is 31.1 Å². The fraction of sp³-hybridized carbons (Fsp3) is 0.286. The topological polar surface area (TPSA) is 47.3 Å². The van der Waals surface area contributed by atoms with E-state index in [-0.39, 0.29) is 10.8 Å². The van der Waals surface area contributed by atoms with E-state index in [0.717, 1.165) is 5.56 Å². The van der Waals surface area contributed by atoms with Gasteiger partial charge in [-0.1, -0.05) is 31.5 Å². The first-order chi connectivity index (χ1) is 8.43. The summed E-state index contributed by atoms with van der Waals surface area (Å²) in [5, 5.41) is 0. The molecule has 4 heteroatoms.